The minimum Gasteiger partial charge on any atom is -0.288 e. The van der Waals surface area contributed by atoms with Crippen LogP contribution in [0, 0.1) is 0 Å². The molecule has 6 aromatic rings. The highest BCUT2D eigenvalue weighted by atomic mass is 32.1. The first-order valence-corrected chi connectivity index (χ1v) is 16.4. The second-order valence-corrected chi connectivity index (χ2v) is 14.1. The minimum absolute atomic E-state index is 0.0774. The molecule has 0 saturated carbocycles. The second kappa shape index (κ2) is 10.5. The van der Waals surface area contributed by atoms with Crippen molar-refractivity contribution in [1.82, 2.24) is 0 Å². The summed E-state index contributed by atoms with van der Waals surface area (Å²) in [5, 5.41) is 0. The Morgan fingerprint density at radius 2 is 0.795 bits per heavy atom. The van der Waals surface area contributed by atoms with Crippen molar-refractivity contribution in [3.63, 3.8) is 0 Å². The minimum atomic E-state index is -0.872. The number of fused-ring (bicyclic) bond motifs is 2. The average Bonchev–Trinajstić information content (AvgIpc) is 3.96. The van der Waals surface area contributed by atoms with E-state index in [1.807, 2.05) is 30.3 Å². The van der Waals surface area contributed by atoms with E-state index >= 15 is 0 Å². The van der Waals surface area contributed by atoms with Gasteiger partial charge in [-0.1, -0.05) is 48.4 Å². The first-order valence-electron chi connectivity index (χ1n) is 16.2. The van der Waals surface area contributed by atoms with Crippen LogP contribution in [-0.2, 0) is 0 Å². The van der Waals surface area contributed by atoms with Crippen molar-refractivity contribution in [3.05, 3.63) is 140 Å². The summed E-state index contributed by atoms with van der Waals surface area (Å²) in [5.41, 5.74) is -0.701. The van der Waals surface area contributed by atoms with Crippen LogP contribution in [0.3, 0.4) is 0 Å². The Morgan fingerprint density at radius 3 is 1.20 bits per heavy atom. The van der Waals surface area contributed by atoms with E-state index in [4.69, 9.17) is 8.22 Å². The summed E-state index contributed by atoms with van der Waals surface area (Å²) < 4.78 is 49.4. The van der Waals surface area contributed by atoms with Crippen molar-refractivity contribution < 1.29 is 27.4 Å². The van der Waals surface area contributed by atoms with Crippen molar-refractivity contribution >= 4 is 80.6 Å². The highest BCUT2D eigenvalue weighted by Crippen LogP contribution is 2.43. The topological polar surface area (TPSA) is 68.3 Å². The van der Waals surface area contributed by atoms with Crippen LogP contribution >= 0.6 is 45.3 Å². The Hall–Kier alpha value is -4.60. The number of hydrogen-bond donors (Lipinski definition) is 0. The molecule has 8 rings (SSSR count). The molecule has 0 fully saturated rings. The molecular weight excluding hydrogens is 625 g/mol. The number of rotatable bonds is 5. The fourth-order valence-corrected chi connectivity index (χ4v) is 9.12. The molecule has 2 aliphatic rings. The normalized spacial score (nSPS) is 15.9. The lowest BCUT2D eigenvalue weighted by Crippen LogP contribution is -1.99. The fourth-order valence-electron chi connectivity index (χ4n) is 5.01. The smallest absolute Gasteiger partial charge is 0.197 e. The van der Waals surface area contributed by atoms with Crippen molar-refractivity contribution in [2.45, 2.75) is 0 Å². The molecule has 2 aliphatic carbocycles. The zero-order chi connectivity index (χ0) is 35.2. The first kappa shape index (κ1) is 21.2. The molecule has 0 aliphatic heterocycles. The molecule has 0 N–H and O–H groups in total. The molecule has 0 amide bonds. The van der Waals surface area contributed by atoms with Gasteiger partial charge < -0.3 is 0 Å². The van der Waals surface area contributed by atoms with Gasteiger partial charge in [0.2, 0.25) is 0 Å². The predicted octanol–water partition coefficient (Wildman–Crippen LogP) is 9.86. The molecule has 8 heteroatoms. The van der Waals surface area contributed by atoms with Gasteiger partial charge in [-0.3, -0.25) is 19.2 Å². The van der Waals surface area contributed by atoms with E-state index in [1.165, 1.54) is 34.0 Å². The van der Waals surface area contributed by atoms with E-state index in [9.17, 15) is 19.2 Å². The lowest BCUT2D eigenvalue weighted by atomic mass is 10.1. The van der Waals surface area contributed by atoms with Gasteiger partial charge >= 0.3 is 0 Å². The van der Waals surface area contributed by atoms with Crippen LogP contribution in [0.4, 0.5) is 0 Å². The highest BCUT2D eigenvalue weighted by molar-refractivity contribution is 7.28. The number of ketones is 4. The summed E-state index contributed by atoms with van der Waals surface area (Å²) >= 11 is 5.67. The third-order valence-corrected chi connectivity index (χ3v) is 11.9. The summed E-state index contributed by atoms with van der Waals surface area (Å²) in [4.78, 5) is 58.7. The van der Waals surface area contributed by atoms with E-state index in [2.05, 4.69) is 0 Å². The molecule has 4 aromatic heterocycles. The molecule has 0 spiro atoms. The van der Waals surface area contributed by atoms with Crippen LogP contribution in [0.15, 0.2) is 108 Å². The summed E-state index contributed by atoms with van der Waals surface area (Å²) in [6.45, 7) is 0. The van der Waals surface area contributed by atoms with Crippen LogP contribution in [-0.4, -0.2) is 23.1 Å². The van der Waals surface area contributed by atoms with E-state index in [1.54, 1.807) is 53.8 Å². The number of thiophene rings is 4. The molecule has 0 bridgehead atoms. The molecule has 2 aromatic carbocycles. The summed E-state index contributed by atoms with van der Waals surface area (Å²) in [7, 11) is 0. The van der Waals surface area contributed by atoms with Crippen molar-refractivity contribution in [3.8, 4) is 29.3 Å². The molecule has 0 unspecified atom stereocenters. The van der Waals surface area contributed by atoms with Crippen LogP contribution in [0.2, 0.25) is 0 Å². The highest BCUT2D eigenvalue weighted by Gasteiger charge is 2.33. The monoisotopic (exact) mass is 648 g/mol. The van der Waals surface area contributed by atoms with Crippen molar-refractivity contribution in [2.75, 3.05) is 0 Å². The Morgan fingerprint density at radius 1 is 0.455 bits per heavy atom. The van der Waals surface area contributed by atoms with Gasteiger partial charge in [-0.05, 0) is 60.6 Å². The van der Waals surface area contributed by atoms with Crippen LogP contribution in [0.5, 0.6) is 0 Å². The van der Waals surface area contributed by atoms with E-state index in [0.29, 0.717) is 20.9 Å². The van der Waals surface area contributed by atoms with Crippen molar-refractivity contribution in [1.29, 1.82) is 0 Å². The quantitative estimate of drug-likeness (QED) is 0.138. The van der Waals surface area contributed by atoms with Gasteiger partial charge in [0.05, 0.1) is 19.4 Å². The molecule has 210 valence electrons. The molecule has 0 atom stereocenters. The van der Waals surface area contributed by atoms with Gasteiger partial charge in [-0.15, -0.1) is 45.3 Å². The molecule has 0 saturated heterocycles. The first-order chi connectivity index (χ1) is 24.0. The standard InChI is InChI=1S/C36H18O4S4/c37-33-21-5-1-2-6-22(21)34(38)25(33)17-19-9-11-27(41-19)29-13-15-31(43-29)32-16-14-30(44-32)28-12-10-20(42-28)18-26-35(39)23-7-3-4-8-24(23)36(26)40/h1-18H/i1D,2D,5D,6D,17D,18D. The number of benzene rings is 2. The van der Waals surface area contributed by atoms with E-state index < -0.39 is 64.0 Å². The number of carbonyl (C=O) groups excluding carboxylic acids is 4. The van der Waals surface area contributed by atoms with Gasteiger partial charge in [-0.25, -0.2) is 0 Å². The van der Waals surface area contributed by atoms with Gasteiger partial charge in [0.25, 0.3) is 0 Å². The number of carbonyl (C=O) groups is 4. The number of hydrogen-bond acceptors (Lipinski definition) is 8. The summed E-state index contributed by atoms with van der Waals surface area (Å²) in [5.74, 6) is -2.59. The Balaban J connectivity index is 1.04. The van der Waals surface area contributed by atoms with Gasteiger partial charge in [0, 0.05) is 61.3 Å². The van der Waals surface area contributed by atoms with Crippen LogP contribution in [0.1, 0.15) is 59.4 Å². The van der Waals surface area contributed by atoms with Gasteiger partial charge in [-0.2, -0.15) is 0 Å². The Bertz CT molecular complexity index is 2510. The summed E-state index contributed by atoms with van der Waals surface area (Å²) in [6, 6.07) is 18.9. The number of allylic oxidation sites excluding steroid dienone is 2. The maximum Gasteiger partial charge on any atom is 0.197 e. The van der Waals surface area contributed by atoms with Gasteiger partial charge in [0.1, 0.15) is 0 Å². The molecule has 0 radical (unpaired) electrons. The lowest BCUT2D eigenvalue weighted by Gasteiger charge is -1.93. The van der Waals surface area contributed by atoms with E-state index in [-0.39, 0.29) is 17.7 Å². The molecular formula is C36H18O4S4. The zero-order valence-electron chi connectivity index (χ0n) is 28.2. The summed E-state index contributed by atoms with van der Waals surface area (Å²) in [6.07, 6.45) is 0. The van der Waals surface area contributed by atoms with Crippen LogP contribution in [0.25, 0.3) is 41.4 Å². The Kier molecular flexibility index (Phi) is 5.07. The maximum absolute atomic E-state index is 13.2. The maximum atomic E-state index is 13.2. The van der Waals surface area contributed by atoms with Gasteiger partial charge in [0.15, 0.2) is 23.1 Å². The van der Waals surface area contributed by atoms with Crippen molar-refractivity contribution in [2.24, 2.45) is 0 Å². The third kappa shape index (κ3) is 4.46. The molecule has 4 heterocycles. The second-order valence-electron chi connectivity index (χ2n) is 9.77. The van der Waals surface area contributed by atoms with E-state index in [0.717, 1.165) is 29.3 Å². The average molecular weight is 649 g/mol. The number of Topliss-reactive ketones (excluding diaryl/α,β-unsaturated/α-hetero) is 4. The Labute approximate surface area is 276 Å². The zero-order valence-corrected chi connectivity index (χ0v) is 25.5. The molecule has 44 heavy (non-hydrogen) atoms. The predicted molar refractivity (Wildman–Crippen MR) is 180 cm³/mol. The van der Waals surface area contributed by atoms with Crippen LogP contribution < -0.4 is 0 Å². The molecule has 4 nitrogen and oxygen atoms in total. The fraction of sp³-hybridized carbons (Fsp3) is 0. The lowest BCUT2D eigenvalue weighted by molar-refractivity contribution is 0.0975. The third-order valence-electron chi connectivity index (χ3n) is 7.12. The SMILES string of the molecule is [2H]C(=C1C(=O)c2ccccc2C1=O)c1ccc(-c2ccc(-c3ccc(-c4ccc(C([2H])=C5C(=O)c6c([2H])c([2H])c([2H])c([2H])c6C5=O)s4)s3)s2)s1. The largest absolute Gasteiger partial charge is 0.288 e.